The highest BCUT2D eigenvalue weighted by Crippen LogP contribution is 2.45. The summed E-state index contributed by atoms with van der Waals surface area (Å²) in [5.41, 5.74) is -2.26. The van der Waals surface area contributed by atoms with E-state index in [1.54, 1.807) is 14.0 Å². The first-order valence-corrected chi connectivity index (χ1v) is 14.4. The summed E-state index contributed by atoms with van der Waals surface area (Å²) in [4.78, 5) is 43.3. The number of likely N-dealkylation sites (N-methyl/N-ethyl adjacent to an activating group) is 1. The molecule has 0 saturated carbocycles. The van der Waals surface area contributed by atoms with E-state index in [1.165, 1.54) is 28.5 Å². The average Bonchev–Trinajstić information content (AvgIpc) is 2.96. The number of likely N-dealkylation sites (tertiary alicyclic amines) is 1. The van der Waals surface area contributed by atoms with Crippen molar-refractivity contribution in [2.75, 3.05) is 44.8 Å². The summed E-state index contributed by atoms with van der Waals surface area (Å²) in [6.07, 6.45) is -4.53. The Labute approximate surface area is 249 Å². The number of unbranched alkanes of at least 4 members (excludes halogenated alkanes) is 1. The fourth-order valence-corrected chi connectivity index (χ4v) is 5.96. The molecule has 0 bridgehead atoms. The summed E-state index contributed by atoms with van der Waals surface area (Å²) >= 11 is 0. The molecule has 1 fully saturated rings. The number of halogens is 3. The third kappa shape index (κ3) is 6.74. The number of benzene rings is 2. The Kier molecular flexibility index (Phi) is 9.58. The predicted molar refractivity (Wildman–Crippen MR) is 154 cm³/mol. The third-order valence-corrected chi connectivity index (χ3v) is 8.11. The highest BCUT2D eigenvalue weighted by Gasteiger charge is 2.46. The smallest absolute Gasteiger partial charge is 0.417 e. The first kappa shape index (κ1) is 32.1. The van der Waals surface area contributed by atoms with Crippen LogP contribution >= 0.6 is 0 Å². The number of hydrogen-bond acceptors (Lipinski definition) is 5. The van der Waals surface area contributed by atoms with E-state index in [0.29, 0.717) is 25.9 Å². The second-order valence-corrected chi connectivity index (χ2v) is 11.3. The average molecular weight is 606 g/mol. The standard InChI is InChI=1S/C31H38F3N3O6/c1-5-36(25-19-35(29(40)41)15-13-21(25)20-11-7-6-8-12-20)27(38)22-17-24-26(18-23(22)31(32,33)34)43-30(2,3)28(39)37(24)14-9-10-16-42-4/h6-8,11-12,17-18,21,25H,5,9-10,13-16,19H2,1-4H3,(H,40,41)/t21-,25-/m0/s1. The maximum absolute atomic E-state index is 14.5. The van der Waals surface area contributed by atoms with E-state index in [0.717, 1.165) is 17.7 Å². The van der Waals surface area contributed by atoms with Crippen LogP contribution in [0.4, 0.5) is 23.7 Å². The molecule has 2 aliphatic rings. The first-order chi connectivity index (χ1) is 20.3. The van der Waals surface area contributed by atoms with Gasteiger partial charge in [-0.15, -0.1) is 0 Å². The summed E-state index contributed by atoms with van der Waals surface area (Å²) in [6.45, 7) is 5.51. The van der Waals surface area contributed by atoms with Crippen LogP contribution in [0.1, 0.15) is 67.4 Å². The molecule has 2 aliphatic heterocycles. The van der Waals surface area contributed by atoms with Crippen molar-refractivity contribution >= 4 is 23.6 Å². The van der Waals surface area contributed by atoms with E-state index in [4.69, 9.17) is 9.47 Å². The van der Waals surface area contributed by atoms with Crippen molar-refractivity contribution in [2.24, 2.45) is 0 Å². The molecule has 2 aromatic rings. The van der Waals surface area contributed by atoms with Crippen molar-refractivity contribution in [2.45, 2.75) is 63.8 Å². The molecule has 0 unspecified atom stereocenters. The number of alkyl halides is 3. The molecule has 4 rings (SSSR count). The van der Waals surface area contributed by atoms with Gasteiger partial charge in [0.25, 0.3) is 11.8 Å². The molecule has 1 N–H and O–H groups in total. The number of carbonyl (C=O) groups is 3. The number of nitrogens with zero attached hydrogens (tertiary/aromatic N) is 3. The van der Waals surface area contributed by atoms with E-state index in [2.05, 4.69) is 0 Å². The van der Waals surface area contributed by atoms with Gasteiger partial charge in [-0.1, -0.05) is 30.3 Å². The number of methoxy groups -OCH3 is 1. The fraction of sp³-hybridized carbons (Fsp3) is 0.516. The Hall–Kier alpha value is -3.80. The minimum Gasteiger partial charge on any atom is -0.476 e. The lowest BCUT2D eigenvalue weighted by atomic mass is 9.84. The third-order valence-electron chi connectivity index (χ3n) is 8.11. The summed E-state index contributed by atoms with van der Waals surface area (Å²) in [6, 6.07) is 10.4. The van der Waals surface area contributed by atoms with Crippen LogP contribution in [0.2, 0.25) is 0 Å². The van der Waals surface area contributed by atoms with Crippen LogP contribution in [0.25, 0.3) is 0 Å². The minimum atomic E-state index is -4.91. The molecule has 234 valence electrons. The molecule has 2 aromatic carbocycles. The summed E-state index contributed by atoms with van der Waals surface area (Å²) < 4.78 is 54.5. The van der Waals surface area contributed by atoms with Crippen molar-refractivity contribution in [1.82, 2.24) is 9.80 Å². The minimum absolute atomic E-state index is 0.0396. The fourth-order valence-electron chi connectivity index (χ4n) is 5.96. The molecular weight excluding hydrogens is 567 g/mol. The van der Waals surface area contributed by atoms with E-state index in [1.807, 2.05) is 30.3 Å². The number of rotatable bonds is 9. The summed E-state index contributed by atoms with van der Waals surface area (Å²) in [7, 11) is 1.55. The van der Waals surface area contributed by atoms with Crippen LogP contribution in [0.5, 0.6) is 5.75 Å². The second-order valence-electron chi connectivity index (χ2n) is 11.3. The lowest BCUT2D eigenvalue weighted by molar-refractivity contribution is -0.138. The van der Waals surface area contributed by atoms with Gasteiger partial charge in [-0.25, -0.2) is 4.79 Å². The quantitative estimate of drug-likeness (QED) is 0.372. The molecule has 3 amide bonds. The molecule has 2 atom stereocenters. The number of carboxylic acid groups (broad SMARTS) is 1. The summed E-state index contributed by atoms with van der Waals surface area (Å²) in [5, 5.41) is 9.72. The van der Waals surface area contributed by atoms with Gasteiger partial charge in [0.05, 0.1) is 22.9 Å². The lowest BCUT2D eigenvalue weighted by Gasteiger charge is -2.44. The van der Waals surface area contributed by atoms with Gasteiger partial charge in [0.1, 0.15) is 5.75 Å². The molecule has 0 radical (unpaired) electrons. The normalized spacial score (nSPS) is 19.9. The van der Waals surface area contributed by atoms with Gasteiger partial charge in [0.15, 0.2) is 5.60 Å². The Morgan fingerprint density at radius 2 is 1.86 bits per heavy atom. The molecule has 2 heterocycles. The zero-order chi connectivity index (χ0) is 31.5. The zero-order valence-electron chi connectivity index (χ0n) is 24.8. The Bertz CT molecular complexity index is 1330. The predicted octanol–water partition coefficient (Wildman–Crippen LogP) is 5.63. The van der Waals surface area contributed by atoms with Crippen molar-refractivity contribution in [3.05, 3.63) is 59.2 Å². The van der Waals surface area contributed by atoms with Gasteiger partial charge in [0.2, 0.25) is 0 Å². The molecule has 43 heavy (non-hydrogen) atoms. The van der Waals surface area contributed by atoms with E-state index >= 15 is 0 Å². The van der Waals surface area contributed by atoms with Crippen molar-refractivity contribution < 1.29 is 42.1 Å². The molecular formula is C31H38F3N3O6. The number of anilines is 1. The number of hydrogen-bond donors (Lipinski definition) is 1. The van der Waals surface area contributed by atoms with Crippen molar-refractivity contribution in [1.29, 1.82) is 0 Å². The zero-order valence-corrected chi connectivity index (χ0v) is 24.8. The van der Waals surface area contributed by atoms with Gasteiger partial charge in [-0.2, -0.15) is 13.2 Å². The molecule has 0 aliphatic carbocycles. The van der Waals surface area contributed by atoms with Gasteiger partial charge in [0, 0.05) is 45.8 Å². The summed E-state index contributed by atoms with van der Waals surface area (Å²) in [5.74, 6) is -1.76. The molecule has 1 saturated heterocycles. The Morgan fingerprint density at radius 1 is 1.16 bits per heavy atom. The highest BCUT2D eigenvalue weighted by molar-refractivity contribution is 6.05. The van der Waals surface area contributed by atoms with Crippen LogP contribution < -0.4 is 9.64 Å². The molecule has 0 spiro atoms. The van der Waals surface area contributed by atoms with E-state index in [9.17, 15) is 32.7 Å². The largest absolute Gasteiger partial charge is 0.476 e. The SMILES string of the molecule is CCN(C(=O)c1cc2c(cc1C(F)(F)F)OC(C)(C)C(=O)N2CCCCOC)[C@H]1CN(C(=O)O)CC[C@H]1c1ccccc1. The van der Waals surface area contributed by atoms with Crippen LogP contribution in [-0.4, -0.2) is 84.4 Å². The van der Waals surface area contributed by atoms with Crippen LogP contribution in [0, 0.1) is 0 Å². The first-order valence-electron chi connectivity index (χ1n) is 14.4. The molecule has 9 nitrogen and oxygen atoms in total. The molecule has 12 heteroatoms. The maximum atomic E-state index is 14.5. The van der Waals surface area contributed by atoms with Crippen LogP contribution in [0.3, 0.4) is 0 Å². The number of piperidine rings is 1. The number of ether oxygens (including phenoxy) is 2. The van der Waals surface area contributed by atoms with Crippen LogP contribution in [-0.2, 0) is 15.7 Å². The number of carbonyl (C=O) groups excluding carboxylic acids is 2. The lowest BCUT2D eigenvalue weighted by Crippen LogP contribution is -2.55. The Balaban J connectivity index is 1.81. The van der Waals surface area contributed by atoms with Gasteiger partial charge < -0.3 is 29.3 Å². The second kappa shape index (κ2) is 12.8. The number of fused-ring (bicyclic) bond motifs is 1. The Morgan fingerprint density at radius 3 is 2.47 bits per heavy atom. The van der Waals surface area contributed by atoms with Gasteiger partial charge >= 0.3 is 12.3 Å². The van der Waals surface area contributed by atoms with Gasteiger partial charge in [-0.05, 0) is 57.7 Å². The van der Waals surface area contributed by atoms with Crippen molar-refractivity contribution in [3.63, 3.8) is 0 Å². The topological polar surface area (TPSA) is 99.6 Å². The monoisotopic (exact) mass is 605 g/mol. The van der Waals surface area contributed by atoms with Crippen molar-refractivity contribution in [3.8, 4) is 5.75 Å². The number of amides is 3. The molecule has 0 aromatic heterocycles. The van der Waals surface area contributed by atoms with E-state index in [-0.39, 0.29) is 43.5 Å². The van der Waals surface area contributed by atoms with Crippen LogP contribution in [0.15, 0.2) is 42.5 Å². The maximum Gasteiger partial charge on any atom is 0.417 e. The van der Waals surface area contributed by atoms with E-state index < -0.39 is 46.9 Å². The highest BCUT2D eigenvalue weighted by atomic mass is 19.4. The van der Waals surface area contributed by atoms with Gasteiger partial charge in [-0.3, -0.25) is 9.59 Å².